The van der Waals surface area contributed by atoms with Crippen molar-refractivity contribution in [2.45, 2.75) is 34.2 Å². The van der Waals surface area contributed by atoms with Crippen LogP contribution in [-0.2, 0) is 20.8 Å². The predicted octanol–water partition coefficient (Wildman–Crippen LogP) is 1.71. The molecule has 2 aromatic heterocycles. The third-order valence-corrected chi connectivity index (χ3v) is 5.49. The van der Waals surface area contributed by atoms with E-state index in [0.29, 0.717) is 0 Å². The SMILES string of the molecule is COCCN(C(=O)COC(=O)c1cc2c(C)cc(C)cc2[nH]1)c1c(N)n(CC(C)C)c(=O)[nH]c1=O. The number of H-pyrrole nitrogens is 2. The van der Waals surface area contributed by atoms with E-state index in [0.717, 1.165) is 26.9 Å². The van der Waals surface area contributed by atoms with Crippen LogP contribution in [0.1, 0.15) is 35.5 Å². The molecule has 3 aromatic rings. The van der Waals surface area contributed by atoms with Gasteiger partial charge in [0.1, 0.15) is 11.5 Å². The van der Waals surface area contributed by atoms with Gasteiger partial charge in [-0.2, -0.15) is 0 Å². The molecule has 11 heteroatoms. The van der Waals surface area contributed by atoms with Gasteiger partial charge in [0.2, 0.25) is 0 Å². The van der Waals surface area contributed by atoms with Crippen LogP contribution in [0.4, 0.5) is 11.5 Å². The number of carbonyl (C=O) groups is 2. The minimum absolute atomic E-state index is 0.0368. The van der Waals surface area contributed by atoms with E-state index in [1.54, 1.807) is 6.07 Å². The first-order valence-electron chi connectivity index (χ1n) is 11.2. The molecule has 0 aliphatic carbocycles. The van der Waals surface area contributed by atoms with E-state index in [2.05, 4.69) is 9.97 Å². The maximum absolute atomic E-state index is 13.1. The molecule has 11 nitrogen and oxygen atoms in total. The number of aromatic nitrogens is 3. The highest BCUT2D eigenvalue weighted by molar-refractivity contribution is 6.00. The molecule has 0 aliphatic heterocycles. The van der Waals surface area contributed by atoms with Gasteiger partial charge >= 0.3 is 11.7 Å². The second-order valence-corrected chi connectivity index (χ2v) is 8.84. The number of rotatable bonds is 9. The Labute approximate surface area is 201 Å². The van der Waals surface area contributed by atoms with Gasteiger partial charge in [-0.25, -0.2) is 9.59 Å². The highest BCUT2D eigenvalue weighted by Crippen LogP contribution is 2.22. The number of esters is 1. The quantitative estimate of drug-likeness (QED) is 0.390. The molecule has 0 saturated heterocycles. The van der Waals surface area contributed by atoms with Gasteiger partial charge in [0.15, 0.2) is 12.3 Å². The molecular weight excluding hydrogens is 454 g/mol. The molecule has 0 unspecified atom stereocenters. The van der Waals surface area contributed by atoms with Crippen LogP contribution in [-0.4, -0.2) is 53.3 Å². The number of hydrogen-bond acceptors (Lipinski definition) is 7. The molecule has 1 amide bonds. The molecule has 3 rings (SSSR count). The first-order valence-corrected chi connectivity index (χ1v) is 11.2. The maximum Gasteiger partial charge on any atom is 0.355 e. The fourth-order valence-electron chi connectivity index (χ4n) is 3.92. The number of aryl methyl sites for hydroxylation is 2. The first kappa shape index (κ1) is 25.8. The van der Waals surface area contributed by atoms with Gasteiger partial charge in [-0.1, -0.05) is 19.9 Å². The summed E-state index contributed by atoms with van der Waals surface area (Å²) in [5.41, 5.74) is 7.51. The monoisotopic (exact) mass is 485 g/mol. The van der Waals surface area contributed by atoms with Crippen LogP contribution < -0.4 is 21.9 Å². The van der Waals surface area contributed by atoms with E-state index < -0.39 is 29.7 Å². The average Bonchev–Trinajstić information content (AvgIpc) is 3.21. The Kier molecular flexibility index (Phi) is 7.80. The zero-order valence-corrected chi connectivity index (χ0v) is 20.6. The van der Waals surface area contributed by atoms with Gasteiger partial charge in [0.05, 0.1) is 6.61 Å². The summed E-state index contributed by atoms with van der Waals surface area (Å²) in [6.07, 6.45) is 0. The minimum atomic E-state index is -0.815. The third kappa shape index (κ3) is 5.62. The first-order chi connectivity index (χ1) is 16.5. The van der Waals surface area contributed by atoms with Crippen LogP contribution in [0.25, 0.3) is 10.9 Å². The number of anilines is 2. The Morgan fingerprint density at radius 1 is 1.14 bits per heavy atom. The number of benzene rings is 1. The fourth-order valence-corrected chi connectivity index (χ4v) is 3.92. The maximum atomic E-state index is 13.1. The normalized spacial score (nSPS) is 11.3. The van der Waals surface area contributed by atoms with Crippen LogP contribution in [0.5, 0.6) is 0 Å². The molecule has 188 valence electrons. The average molecular weight is 486 g/mol. The largest absolute Gasteiger partial charge is 0.451 e. The van der Waals surface area contributed by atoms with Crippen molar-refractivity contribution in [2.24, 2.45) is 5.92 Å². The van der Waals surface area contributed by atoms with E-state index >= 15 is 0 Å². The molecule has 1 aromatic carbocycles. The van der Waals surface area contributed by atoms with Gasteiger partial charge in [-0.3, -0.25) is 24.0 Å². The Hall–Kier alpha value is -3.86. The summed E-state index contributed by atoms with van der Waals surface area (Å²) in [5, 5.41) is 0.877. The summed E-state index contributed by atoms with van der Waals surface area (Å²) >= 11 is 0. The van der Waals surface area contributed by atoms with Gasteiger partial charge in [-0.05, 0) is 43.0 Å². The van der Waals surface area contributed by atoms with Gasteiger partial charge in [0, 0.05) is 31.1 Å². The number of aromatic amines is 2. The van der Waals surface area contributed by atoms with Crippen molar-refractivity contribution < 1.29 is 19.1 Å². The van der Waals surface area contributed by atoms with E-state index in [9.17, 15) is 19.2 Å². The van der Waals surface area contributed by atoms with Crippen molar-refractivity contribution >= 4 is 34.3 Å². The summed E-state index contributed by atoms with van der Waals surface area (Å²) < 4.78 is 11.5. The number of fused-ring (bicyclic) bond motifs is 1. The van der Waals surface area contributed by atoms with Gasteiger partial charge in [-0.15, -0.1) is 0 Å². The van der Waals surface area contributed by atoms with Crippen molar-refractivity contribution in [3.05, 3.63) is 55.9 Å². The van der Waals surface area contributed by atoms with Crippen LogP contribution >= 0.6 is 0 Å². The Balaban J connectivity index is 1.86. The van der Waals surface area contributed by atoms with Crippen molar-refractivity contribution in [1.29, 1.82) is 0 Å². The molecular formula is C24H31N5O6. The number of amides is 1. The van der Waals surface area contributed by atoms with Crippen molar-refractivity contribution in [3.8, 4) is 0 Å². The van der Waals surface area contributed by atoms with Crippen molar-refractivity contribution in [2.75, 3.05) is 37.5 Å². The van der Waals surface area contributed by atoms with E-state index in [1.807, 2.05) is 39.8 Å². The summed E-state index contributed by atoms with van der Waals surface area (Å²) in [6.45, 7) is 7.32. The Morgan fingerprint density at radius 3 is 2.51 bits per heavy atom. The third-order valence-electron chi connectivity index (χ3n) is 5.49. The zero-order chi connectivity index (χ0) is 25.9. The van der Waals surface area contributed by atoms with E-state index in [4.69, 9.17) is 15.2 Å². The lowest BCUT2D eigenvalue weighted by atomic mass is 10.1. The molecule has 4 N–H and O–H groups in total. The summed E-state index contributed by atoms with van der Waals surface area (Å²) in [4.78, 5) is 56.9. The van der Waals surface area contributed by atoms with Gasteiger partial charge < -0.3 is 20.2 Å². The molecule has 2 heterocycles. The standard InChI is InChI=1S/C24H31N5O6/c1-13(2)11-29-21(25)20(22(31)27-24(29)33)28(6-7-34-5)19(30)12-35-23(32)18-10-16-15(4)8-14(3)9-17(16)26-18/h8-10,13,26H,6-7,11-12,25H2,1-5H3,(H,27,31,33). The van der Waals surface area contributed by atoms with E-state index in [1.165, 1.54) is 11.7 Å². The lowest BCUT2D eigenvalue weighted by Crippen LogP contribution is -2.44. The highest BCUT2D eigenvalue weighted by atomic mass is 16.5. The molecule has 0 bridgehead atoms. The number of nitrogens with zero attached hydrogens (tertiary/aromatic N) is 2. The zero-order valence-electron chi connectivity index (χ0n) is 20.6. The number of hydrogen-bond donors (Lipinski definition) is 3. The van der Waals surface area contributed by atoms with Crippen molar-refractivity contribution in [3.63, 3.8) is 0 Å². The van der Waals surface area contributed by atoms with Crippen LogP contribution in [0.15, 0.2) is 27.8 Å². The Bertz CT molecular complexity index is 1370. The minimum Gasteiger partial charge on any atom is -0.451 e. The number of ether oxygens (including phenoxy) is 2. The number of carbonyl (C=O) groups excluding carboxylic acids is 2. The van der Waals surface area contributed by atoms with Crippen molar-refractivity contribution in [1.82, 2.24) is 14.5 Å². The number of nitrogens with two attached hydrogens (primary N) is 1. The molecule has 0 saturated carbocycles. The van der Waals surface area contributed by atoms with Crippen LogP contribution in [0.3, 0.4) is 0 Å². The smallest absolute Gasteiger partial charge is 0.355 e. The Morgan fingerprint density at radius 2 is 1.86 bits per heavy atom. The second-order valence-electron chi connectivity index (χ2n) is 8.84. The van der Waals surface area contributed by atoms with Gasteiger partial charge in [0.25, 0.3) is 11.5 Å². The number of methoxy groups -OCH3 is 1. The highest BCUT2D eigenvalue weighted by Gasteiger charge is 2.26. The number of nitrogens with one attached hydrogen (secondary N) is 2. The summed E-state index contributed by atoms with van der Waals surface area (Å²) in [6, 6.07) is 5.59. The fraction of sp³-hybridized carbons (Fsp3) is 0.417. The summed E-state index contributed by atoms with van der Waals surface area (Å²) in [7, 11) is 1.44. The van der Waals surface area contributed by atoms with Crippen LogP contribution in [0, 0.1) is 19.8 Å². The van der Waals surface area contributed by atoms with Crippen LogP contribution in [0.2, 0.25) is 0 Å². The lowest BCUT2D eigenvalue weighted by molar-refractivity contribution is -0.121. The molecule has 0 spiro atoms. The molecule has 35 heavy (non-hydrogen) atoms. The topological polar surface area (TPSA) is 153 Å². The lowest BCUT2D eigenvalue weighted by Gasteiger charge is -2.24. The van der Waals surface area contributed by atoms with E-state index in [-0.39, 0.29) is 42.8 Å². The molecule has 0 fully saturated rings. The second kappa shape index (κ2) is 10.6. The molecule has 0 aliphatic rings. The number of nitrogen functional groups attached to an aromatic ring is 1. The molecule has 0 atom stereocenters. The molecule has 0 radical (unpaired) electrons. The summed E-state index contributed by atoms with van der Waals surface area (Å²) in [5.74, 6) is -1.50. The predicted molar refractivity (Wildman–Crippen MR) is 133 cm³/mol.